The van der Waals surface area contributed by atoms with E-state index in [-0.39, 0.29) is 5.60 Å². The van der Waals surface area contributed by atoms with Crippen molar-refractivity contribution in [3.05, 3.63) is 30.1 Å². The number of nitrogens with one attached hydrogen (secondary N) is 1. The van der Waals surface area contributed by atoms with E-state index >= 15 is 0 Å². The number of hydrogen-bond donors (Lipinski definition) is 1. The van der Waals surface area contributed by atoms with Crippen LogP contribution in [0.15, 0.2) is 24.5 Å². The summed E-state index contributed by atoms with van der Waals surface area (Å²) < 4.78 is 5.92. The summed E-state index contributed by atoms with van der Waals surface area (Å²) >= 11 is 0. The van der Waals surface area contributed by atoms with Gasteiger partial charge in [-0.05, 0) is 31.2 Å². The van der Waals surface area contributed by atoms with E-state index in [1.54, 1.807) is 0 Å². The summed E-state index contributed by atoms with van der Waals surface area (Å²) in [5.41, 5.74) is 1.37. The molecule has 0 spiro atoms. The van der Waals surface area contributed by atoms with Crippen molar-refractivity contribution in [2.24, 2.45) is 0 Å². The summed E-state index contributed by atoms with van der Waals surface area (Å²) in [5, 5.41) is 3.25. The number of likely N-dealkylation sites (N-methyl/N-ethyl adjacent to an activating group) is 1. The lowest BCUT2D eigenvalue weighted by atomic mass is 10.0. The van der Waals surface area contributed by atoms with Crippen LogP contribution < -0.4 is 5.32 Å². The highest BCUT2D eigenvalue weighted by Crippen LogP contribution is 2.15. The van der Waals surface area contributed by atoms with Crippen LogP contribution in [0.3, 0.4) is 0 Å². The van der Waals surface area contributed by atoms with Gasteiger partial charge in [0, 0.05) is 38.6 Å². The average molecular weight is 249 g/mol. The molecular formula is C14H23N3O. The van der Waals surface area contributed by atoms with Gasteiger partial charge in [0.1, 0.15) is 0 Å². The fraction of sp³-hybridized carbons (Fsp3) is 0.643. The molecule has 0 amide bonds. The molecule has 0 atom stereocenters. The molecule has 0 saturated carbocycles. The Balaban J connectivity index is 1.72. The Bertz CT molecular complexity index is 351. The molecule has 1 aromatic rings. The Labute approximate surface area is 109 Å². The number of aromatic nitrogens is 1. The summed E-state index contributed by atoms with van der Waals surface area (Å²) in [6.07, 6.45) is 3.70. The van der Waals surface area contributed by atoms with Crippen LogP contribution >= 0.6 is 0 Å². The molecule has 0 aromatic carbocycles. The molecule has 0 bridgehead atoms. The third kappa shape index (κ3) is 3.77. The molecule has 100 valence electrons. The monoisotopic (exact) mass is 249 g/mol. The van der Waals surface area contributed by atoms with Gasteiger partial charge in [0.2, 0.25) is 0 Å². The minimum Gasteiger partial charge on any atom is -0.371 e. The molecule has 1 saturated heterocycles. The van der Waals surface area contributed by atoms with Crippen molar-refractivity contribution in [1.82, 2.24) is 15.2 Å². The van der Waals surface area contributed by atoms with Crippen LogP contribution in [0.25, 0.3) is 0 Å². The Morgan fingerprint density at radius 2 is 2.11 bits per heavy atom. The van der Waals surface area contributed by atoms with Crippen LogP contribution in [0.2, 0.25) is 0 Å². The van der Waals surface area contributed by atoms with Gasteiger partial charge in [0.15, 0.2) is 0 Å². The fourth-order valence-corrected chi connectivity index (χ4v) is 2.10. The highest BCUT2D eigenvalue weighted by Gasteiger charge is 2.32. The number of pyridine rings is 1. The van der Waals surface area contributed by atoms with Crippen molar-refractivity contribution >= 4 is 0 Å². The molecule has 18 heavy (non-hydrogen) atoms. The number of ether oxygens (including phenoxy) is 1. The number of hydrogen-bond acceptors (Lipinski definition) is 4. The van der Waals surface area contributed by atoms with E-state index < -0.39 is 0 Å². The molecule has 1 aliphatic rings. The lowest BCUT2D eigenvalue weighted by Crippen LogP contribution is -2.59. The smallest absolute Gasteiger partial charge is 0.0902 e. The Kier molecular flexibility index (Phi) is 4.69. The molecule has 2 heterocycles. The first-order chi connectivity index (χ1) is 8.72. The number of nitrogens with zero attached hydrogens (tertiary/aromatic N) is 2. The SMILES string of the molecule is CCN(CCOC1(C)CNC1)Cc1ccncc1. The predicted molar refractivity (Wildman–Crippen MR) is 72.4 cm³/mol. The van der Waals surface area contributed by atoms with Crippen molar-refractivity contribution < 1.29 is 4.74 Å². The molecule has 1 aliphatic heterocycles. The first-order valence-electron chi connectivity index (χ1n) is 6.68. The molecule has 4 nitrogen and oxygen atoms in total. The average Bonchev–Trinajstić information content (AvgIpc) is 2.37. The van der Waals surface area contributed by atoms with Crippen LogP contribution in [0.5, 0.6) is 0 Å². The van der Waals surface area contributed by atoms with Crippen molar-refractivity contribution in [1.29, 1.82) is 0 Å². The summed E-state index contributed by atoms with van der Waals surface area (Å²) in [6, 6.07) is 4.14. The van der Waals surface area contributed by atoms with E-state index in [1.165, 1.54) is 5.56 Å². The van der Waals surface area contributed by atoms with Crippen molar-refractivity contribution in [2.45, 2.75) is 26.0 Å². The maximum atomic E-state index is 5.92. The molecule has 1 aromatic heterocycles. The second kappa shape index (κ2) is 6.27. The number of rotatable bonds is 7. The molecule has 0 aliphatic carbocycles. The molecule has 0 unspecified atom stereocenters. The topological polar surface area (TPSA) is 37.4 Å². The molecule has 1 fully saturated rings. The fourth-order valence-electron chi connectivity index (χ4n) is 2.10. The van der Waals surface area contributed by atoms with E-state index in [4.69, 9.17) is 4.74 Å². The first-order valence-corrected chi connectivity index (χ1v) is 6.68. The van der Waals surface area contributed by atoms with E-state index in [0.29, 0.717) is 0 Å². The highest BCUT2D eigenvalue weighted by molar-refractivity contribution is 5.09. The molecule has 4 heteroatoms. The minimum atomic E-state index is 0.0656. The second-order valence-electron chi connectivity index (χ2n) is 5.13. The van der Waals surface area contributed by atoms with Crippen molar-refractivity contribution in [3.8, 4) is 0 Å². The Hall–Kier alpha value is -0.970. The Morgan fingerprint density at radius 1 is 1.39 bits per heavy atom. The van der Waals surface area contributed by atoms with Gasteiger partial charge in [-0.3, -0.25) is 9.88 Å². The lowest BCUT2D eigenvalue weighted by Gasteiger charge is -2.39. The van der Waals surface area contributed by atoms with Gasteiger partial charge >= 0.3 is 0 Å². The van der Waals surface area contributed by atoms with Gasteiger partial charge in [0.05, 0.1) is 12.2 Å². The van der Waals surface area contributed by atoms with Crippen LogP contribution in [0.4, 0.5) is 0 Å². The first kappa shape index (κ1) is 13.5. The van der Waals surface area contributed by atoms with Gasteiger partial charge in [-0.2, -0.15) is 0 Å². The van der Waals surface area contributed by atoms with Crippen molar-refractivity contribution in [3.63, 3.8) is 0 Å². The van der Waals surface area contributed by atoms with Crippen LogP contribution in [0, 0.1) is 0 Å². The maximum absolute atomic E-state index is 5.92. The lowest BCUT2D eigenvalue weighted by molar-refractivity contribution is -0.0723. The van der Waals surface area contributed by atoms with Gasteiger partial charge in [-0.1, -0.05) is 6.92 Å². The molecule has 1 N–H and O–H groups in total. The van der Waals surface area contributed by atoms with Crippen molar-refractivity contribution in [2.75, 3.05) is 32.8 Å². The van der Waals surface area contributed by atoms with Gasteiger partial charge < -0.3 is 10.1 Å². The second-order valence-corrected chi connectivity index (χ2v) is 5.13. The standard InChI is InChI=1S/C14H23N3O/c1-3-17(10-13-4-6-15-7-5-13)8-9-18-14(2)11-16-12-14/h4-7,16H,3,8-12H2,1-2H3. The van der Waals surface area contributed by atoms with Gasteiger partial charge in [-0.25, -0.2) is 0 Å². The zero-order chi connectivity index (χ0) is 12.8. The minimum absolute atomic E-state index is 0.0656. The summed E-state index contributed by atoms with van der Waals surface area (Å²) in [7, 11) is 0. The highest BCUT2D eigenvalue weighted by atomic mass is 16.5. The van der Waals surface area contributed by atoms with Crippen LogP contribution in [-0.4, -0.2) is 48.3 Å². The quantitative estimate of drug-likeness (QED) is 0.790. The third-order valence-corrected chi connectivity index (χ3v) is 3.46. The van der Waals surface area contributed by atoms with Gasteiger partial charge in [0.25, 0.3) is 0 Å². The van der Waals surface area contributed by atoms with E-state index in [2.05, 4.69) is 41.2 Å². The molecule has 0 radical (unpaired) electrons. The van der Waals surface area contributed by atoms with E-state index in [9.17, 15) is 0 Å². The van der Waals surface area contributed by atoms with Crippen LogP contribution in [-0.2, 0) is 11.3 Å². The predicted octanol–water partition coefficient (Wildman–Crippen LogP) is 1.28. The summed E-state index contributed by atoms with van der Waals surface area (Å²) in [5.74, 6) is 0. The van der Waals surface area contributed by atoms with E-state index in [0.717, 1.165) is 39.3 Å². The maximum Gasteiger partial charge on any atom is 0.0902 e. The Morgan fingerprint density at radius 3 is 2.67 bits per heavy atom. The normalized spacial score (nSPS) is 17.7. The van der Waals surface area contributed by atoms with Crippen LogP contribution in [0.1, 0.15) is 19.4 Å². The zero-order valence-corrected chi connectivity index (χ0v) is 11.4. The van der Waals surface area contributed by atoms with E-state index in [1.807, 2.05) is 12.4 Å². The summed E-state index contributed by atoms with van der Waals surface area (Å²) in [4.78, 5) is 6.44. The van der Waals surface area contributed by atoms with Gasteiger partial charge in [-0.15, -0.1) is 0 Å². The molecule has 2 rings (SSSR count). The largest absolute Gasteiger partial charge is 0.371 e. The summed E-state index contributed by atoms with van der Waals surface area (Å²) in [6.45, 7) is 10.1. The third-order valence-electron chi connectivity index (χ3n) is 3.46. The molecular weight excluding hydrogens is 226 g/mol. The zero-order valence-electron chi connectivity index (χ0n) is 11.4.